The first-order chi connectivity index (χ1) is 8.65. The van der Waals surface area contributed by atoms with Gasteiger partial charge in [-0.25, -0.2) is 0 Å². The second kappa shape index (κ2) is 8.52. The van der Waals surface area contributed by atoms with E-state index in [2.05, 4.69) is 18.7 Å². The fourth-order valence-corrected chi connectivity index (χ4v) is 2.81. The van der Waals surface area contributed by atoms with Crippen molar-refractivity contribution < 1.29 is 4.79 Å². The van der Waals surface area contributed by atoms with E-state index < -0.39 is 0 Å². The number of amides is 1. The fourth-order valence-electron chi connectivity index (χ4n) is 2.81. The molecule has 1 fully saturated rings. The minimum Gasteiger partial charge on any atom is -0.343 e. The van der Waals surface area contributed by atoms with Crippen LogP contribution in [0.1, 0.15) is 58.8 Å². The van der Waals surface area contributed by atoms with E-state index in [1.54, 1.807) is 0 Å². The summed E-state index contributed by atoms with van der Waals surface area (Å²) in [7, 11) is 0. The quantitative estimate of drug-likeness (QED) is 0.792. The molecule has 0 bridgehead atoms. The number of nitrogens with zero attached hydrogens (tertiary/aromatic N) is 1. The first-order valence-electron chi connectivity index (χ1n) is 7.63. The van der Waals surface area contributed by atoms with Crippen molar-refractivity contribution in [3.8, 4) is 0 Å². The standard InChI is InChI=1S/C15H30N2O/c1-13(2)14(9-10-16)7-8-15(18)17-11-5-3-4-6-12-17/h13-14H,3-12,16H2,1-2H3. The molecule has 1 aliphatic rings. The largest absolute Gasteiger partial charge is 0.343 e. The average molecular weight is 254 g/mol. The van der Waals surface area contributed by atoms with Crippen molar-refractivity contribution >= 4 is 5.91 Å². The lowest BCUT2D eigenvalue weighted by Gasteiger charge is -2.23. The Kier molecular flexibility index (Phi) is 7.33. The second-order valence-corrected chi connectivity index (χ2v) is 5.92. The summed E-state index contributed by atoms with van der Waals surface area (Å²) in [5.41, 5.74) is 5.64. The molecule has 0 saturated carbocycles. The number of likely N-dealkylation sites (tertiary alicyclic amines) is 1. The summed E-state index contributed by atoms with van der Waals surface area (Å²) in [6.45, 7) is 7.15. The normalized spacial score (nSPS) is 18.8. The zero-order chi connectivity index (χ0) is 13.4. The fraction of sp³-hybridized carbons (Fsp3) is 0.933. The van der Waals surface area contributed by atoms with Crippen LogP contribution in [0.5, 0.6) is 0 Å². The SMILES string of the molecule is CC(C)C(CCN)CCC(=O)N1CCCCCC1. The molecule has 3 nitrogen and oxygen atoms in total. The van der Waals surface area contributed by atoms with Crippen molar-refractivity contribution in [1.29, 1.82) is 0 Å². The highest BCUT2D eigenvalue weighted by atomic mass is 16.2. The van der Waals surface area contributed by atoms with Gasteiger partial charge in [-0.15, -0.1) is 0 Å². The van der Waals surface area contributed by atoms with Gasteiger partial charge >= 0.3 is 0 Å². The van der Waals surface area contributed by atoms with Crippen LogP contribution in [0.25, 0.3) is 0 Å². The second-order valence-electron chi connectivity index (χ2n) is 5.92. The van der Waals surface area contributed by atoms with E-state index in [4.69, 9.17) is 5.73 Å². The van der Waals surface area contributed by atoms with Gasteiger partial charge in [-0.3, -0.25) is 4.79 Å². The van der Waals surface area contributed by atoms with Crippen molar-refractivity contribution in [1.82, 2.24) is 4.90 Å². The first-order valence-corrected chi connectivity index (χ1v) is 7.63. The summed E-state index contributed by atoms with van der Waals surface area (Å²) >= 11 is 0. The molecule has 2 N–H and O–H groups in total. The Morgan fingerprint density at radius 2 is 1.72 bits per heavy atom. The van der Waals surface area contributed by atoms with Gasteiger partial charge in [0.05, 0.1) is 0 Å². The summed E-state index contributed by atoms with van der Waals surface area (Å²) in [6.07, 6.45) is 7.69. The summed E-state index contributed by atoms with van der Waals surface area (Å²) < 4.78 is 0. The minimum atomic E-state index is 0.361. The molecule has 1 atom stereocenters. The van der Waals surface area contributed by atoms with Crippen LogP contribution in [-0.4, -0.2) is 30.4 Å². The van der Waals surface area contributed by atoms with Crippen molar-refractivity contribution in [3.63, 3.8) is 0 Å². The molecular formula is C15H30N2O. The molecule has 1 amide bonds. The molecule has 0 aromatic rings. The number of hydrogen-bond donors (Lipinski definition) is 1. The smallest absolute Gasteiger partial charge is 0.222 e. The lowest BCUT2D eigenvalue weighted by Crippen LogP contribution is -2.32. The Morgan fingerprint density at radius 1 is 1.11 bits per heavy atom. The topological polar surface area (TPSA) is 46.3 Å². The van der Waals surface area contributed by atoms with Crippen molar-refractivity contribution in [2.24, 2.45) is 17.6 Å². The monoisotopic (exact) mass is 254 g/mol. The van der Waals surface area contributed by atoms with Crippen LogP contribution < -0.4 is 5.73 Å². The van der Waals surface area contributed by atoms with Gasteiger partial charge in [-0.2, -0.15) is 0 Å². The molecule has 1 saturated heterocycles. The average Bonchev–Trinajstić information content (AvgIpc) is 2.62. The van der Waals surface area contributed by atoms with Gasteiger partial charge < -0.3 is 10.6 Å². The third kappa shape index (κ3) is 5.38. The number of nitrogens with two attached hydrogens (primary N) is 1. The van der Waals surface area contributed by atoms with E-state index in [0.717, 1.165) is 32.5 Å². The lowest BCUT2D eigenvalue weighted by molar-refractivity contribution is -0.131. The van der Waals surface area contributed by atoms with Crippen molar-refractivity contribution in [2.45, 2.75) is 58.8 Å². The molecule has 1 unspecified atom stereocenters. The summed E-state index contributed by atoms with van der Waals surface area (Å²) in [5.74, 6) is 1.59. The molecular weight excluding hydrogens is 224 g/mol. The predicted molar refractivity (Wildman–Crippen MR) is 76.3 cm³/mol. The zero-order valence-corrected chi connectivity index (χ0v) is 12.2. The van der Waals surface area contributed by atoms with E-state index >= 15 is 0 Å². The Labute approximate surface area is 112 Å². The summed E-state index contributed by atoms with van der Waals surface area (Å²) in [6, 6.07) is 0. The summed E-state index contributed by atoms with van der Waals surface area (Å²) in [4.78, 5) is 14.3. The highest BCUT2D eigenvalue weighted by molar-refractivity contribution is 5.76. The molecule has 1 heterocycles. The Hall–Kier alpha value is -0.570. The molecule has 1 rings (SSSR count). The van der Waals surface area contributed by atoms with Crippen LogP contribution in [0.15, 0.2) is 0 Å². The lowest BCUT2D eigenvalue weighted by atomic mass is 9.88. The minimum absolute atomic E-state index is 0.361. The van der Waals surface area contributed by atoms with Gasteiger partial charge in [-0.05, 0) is 44.1 Å². The van der Waals surface area contributed by atoms with Crippen molar-refractivity contribution in [3.05, 3.63) is 0 Å². The predicted octanol–water partition coefficient (Wildman–Crippen LogP) is 2.79. The van der Waals surface area contributed by atoms with Gasteiger partial charge in [0.15, 0.2) is 0 Å². The first kappa shape index (κ1) is 15.5. The molecule has 0 radical (unpaired) electrons. The Bertz CT molecular complexity index is 233. The van der Waals surface area contributed by atoms with Gasteiger partial charge in [-0.1, -0.05) is 26.7 Å². The molecule has 0 aromatic heterocycles. The van der Waals surface area contributed by atoms with Gasteiger partial charge in [0, 0.05) is 19.5 Å². The molecule has 1 aliphatic heterocycles. The third-order valence-electron chi connectivity index (χ3n) is 4.17. The van der Waals surface area contributed by atoms with E-state index in [0.29, 0.717) is 24.2 Å². The maximum absolute atomic E-state index is 12.2. The number of carbonyl (C=O) groups excluding carboxylic acids is 1. The van der Waals surface area contributed by atoms with Crippen molar-refractivity contribution in [2.75, 3.05) is 19.6 Å². The van der Waals surface area contributed by atoms with Gasteiger partial charge in [0.2, 0.25) is 5.91 Å². The van der Waals surface area contributed by atoms with E-state index in [-0.39, 0.29) is 0 Å². The third-order valence-corrected chi connectivity index (χ3v) is 4.17. The maximum atomic E-state index is 12.2. The van der Waals surface area contributed by atoms with Crippen LogP contribution in [0.4, 0.5) is 0 Å². The van der Waals surface area contributed by atoms with E-state index in [1.807, 2.05) is 0 Å². The highest BCUT2D eigenvalue weighted by Gasteiger charge is 2.18. The molecule has 18 heavy (non-hydrogen) atoms. The number of hydrogen-bond acceptors (Lipinski definition) is 2. The number of carbonyl (C=O) groups is 1. The van der Waals surface area contributed by atoms with Crippen LogP contribution >= 0.6 is 0 Å². The van der Waals surface area contributed by atoms with Gasteiger partial charge in [0.1, 0.15) is 0 Å². The van der Waals surface area contributed by atoms with Gasteiger partial charge in [0.25, 0.3) is 0 Å². The Morgan fingerprint density at radius 3 is 2.22 bits per heavy atom. The molecule has 0 aromatic carbocycles. The van der Waals surface area contributed by atoms with E-state index in [9.17, 15) is 4.79 Å². The maximum Gasteiger partial charge on any atom is 0.222 e. The van der Waals surface area contributed by atoms with Crippen LogP contribution in [0.3, 0.4) is 0 Å². The van der Waals surface area contributed by atoms with Crippen LogP contribution in [0.2, 0.25) is 0 Å². The highest BCUT2D eigenvalue weighted by Crippen LogP contribution is 2.21. The molecule has 0 aliphatic carbocycles. The Balaban J connectivity index is 2.33. The molecule has 3 heteroatoms. The molecule has 0 spiro atoms. The molecule has 106 valence electrons. The zero-order valence-electron chi connectivity index (χ0n) is 12.2. The van der Waals surface area contributed by atoms with E-state index in [1.165, 1.54) is 25.7 Å². The summed E-state index contributed by atoms with van der Waals surface area (Å²) in [5, 5.41) is 0. The van der Waals surface area contributed by atoms with Crippen LogP contribution in [0, 0.1) is 11.8 Å². The number of rotatable bonds is 6. The van der Waals surface area contributed by atoms with Crippen LogP contribution in [-0.2, 0) is 4.79 Å².